The van der Waals surface area contributed by atoms with Crippen LogP contribution in [0.3, 0.4) is 0 Å². The van der Waals surface area contributed by atoms with E-state index < -0.39 is 6.43 Å². The normalized spacial score (nSPS) is 16.4. The van der Waals surface area contributed by atoms with Gasteiger partial charge in [-0.15, -0.1) is 0 Å². The third-order valence-electron chi connectivity index (χ3n) is 15.3. The molecule has 0 aliphatic carbocycles. The number of allylic oxidation sites excluding steroid dienone is 1. The number of halogens is 3. The van der Waals surface area contributed by atoms with Crippen molar-refractivity contribution in [3.8, 4) is 11.5 Å². The van der Waals surface area contributed by atoms with Gasteiger partial charge in [0.1, 0.15) is 17.5 Å². The number of aryl methyl sites for hydroxylation is 2. The lowest BCUT2D eigenvalue weighted by Crippen LogP contribution is -2.42. The molecule has 0 unspecified atom stereocenters. The van der Waals surface area contributed by atoms with Crippen molar-refractivity contribution in [1.29, 1.82) is 0 Å². The minimum atomic E-state index is -2.76. The van der Waals surface area contributed by atoms with Crippen LogP contribution in [0.1, 0.15) is 91.8 Å². The van der Waals surface area contributed by atoms with E-state index in [2.05, 4.69) is 30.6 Å². The summed E-state index contributed by atoms with van der Waals surface area (Å²) in [6.45, 7) is 3.97. The van der Waals surface area contributed by atoms with Crippen LogP contribution in [0.5, 0.6) is 11.5 Å². The van der Waals surface area contributed by atoms with Gasteiger partial charge < -0.3 is 55.3 Å². The van der Waals surface area contributed by atoms with Crippen molar-refractivity contribution in [2.24, 2.45) is 29.4 Å². The number of urea groups is 1. The van der Waals surface area contributed by atoms with Gasteiger partial charge in [-0.3, -0.25) is 29.8 Å². The molecule has 7 heterocycles. The number of piperidine rings is 2. The molecule has 2 fully saturated rings. The minimum absolute atomic E-state index is 0.00590. The average molecular weight is 1100 g/mol. The molecule has 0 spiro atoms. The lowest BCUT2D eigenvalue weighted by molar-refractivity contribution is -0.132. The van der Waals surface area contributed by atoms with Gasteiger partial charge in [-0.05, 0) is 86.8 Å². The Morgan fingerprint density at radius 2 is 1.77 bits per heavy atom. The summed E-state index contributed by atoms with van der Waals surface area (Å²) in [5.74, 6) is 1.96. The number of alkyl halides is 2. The number of carbonyl (C=O) groups is 3. The molecule has 4 aliphatic rings. The fourth-order valence-corrected chi connectivity index (χ4v) is 11.4. The first-order chi connectivity index (χ1) is 37.7. The fourth-order valence-electron chi connectivity index (χ4n) is 11.3. The Labute approximate surface area is 455 Å². The smallest absolute Gasteiger partial charge is 0.317 e. The number of carbonyl (C=O) groups excluding carboxylic acids is 3. The van der Waals surface area contributed by atoms with Crippen molar-refractivity contribution in [2.75, 3.05) is 88.9 Å². The van der Waals surface area contributed by atoms with Crippen LogP contribution in [0.15, 0.2) is 52.5 Å². The molecule has 416 valence electrons. The van der Waals surface area contributed by atoms with E-state index in [0.717, 1.165) is 23.2 Å². The van der Waals surface area contributed by atoms with Gasteiger partial charge in [-0.2, -0.15) is 10.1 Å². The SMILES string of the molecule is CN=C/C(=C\N)c1cc2c(cc1C(F)F)N(c1nn(C3CCN(C(=O)CCCCNC(=O)C4CCN(c5ncc(Cl)c(Nc6cc(OC)c7c(c6)cc(OCN)c(=O)n7C)n5)CC4)CC3)c3c1CN(C(=O)NC)CC3)CCC2. The van der Waals surface area contributed by atoms with E-state index in [4.69, 9.17) is 42.6 Å². The van der Waals surface area contributed by atoms with Crippen molar-refractivity contribution >= 4 is 81.1 Å². The number of ether oxygens (including phenoxy) is 2. The highest BCUT2D eigenvalue weighted by molar-refractivity contribution is 6.33. The van der Waals surface area contributed by atoms with Crippen LogP contribution >= 0.6 is 11.6 Å². The van der Waals surface area contributed by atoms with Crippen LogP contribution in [-0.2, 0) is 36.0 Å². The Balaban J connectivity index is 0.761. The van der Waals surface area contributed by atoms with E-state index in [-0.39, 0.29) is 53.4 Å². The summed E-state index contributed by atoms with van der Waals surface area (Å²) < 4.78 is 44.1. The average Bonchev–Trinajstić information content (AvgIpc) is 3.98. The zero-order valence-corrected chi connectivity index (χ0v) is 45.3. The summed E-state index contributed by atoms with van der Waals surface area (Å²) in [4.78, 5) is 73.6. The zero-order chi connectivity index (χ0) is 55.2. The molecule has 0 radical (unpaired) electrons. The molecule has 4 amide bonds. The number of unbranched alkanes of at least 4 members (excludes halogenated alkanes) is 1. The Morgan fingerprint density at radius 1 is 0.987 bits per heavy atom. The zero-order valence-electron chi connectivity index (χ0n) is 44.5. The lowest BCUT2D eigenvalue weighted by Gasteiger charge is -2.34. The third-order valence-corrected chi connectivity index (χ3v) is 15.6. The van der Waals surface area contributed by atoms with Gasteiger partial charge in [0.2, 0.25) is 17.8 Å². The Bertz CT molecular complexity index is 3170. The second-order valence-corrected chi connectivity index (χ2v) is 20.4. The highest BCUT2D eigenvalue weighted by atomic mass is 35.5. The van der Waals surface area contributed by atoms with E-state index in [1.807, 2.05) is 20.8 Å². The molecule has 2 saturated heterocycles. The third kappa shape index (κ3) is 11.5. The standard InChI is InChI=1S/C54H68ClF2N15O6/c1-60-28-35(27-58)38-23-33-8-7-16-71(43(33)26-39(38)48(56)57)50-40-30-70(54(76)61-2)21-14-42(40)72(66-50)37-12-19-68(20-13-37)46(73)9-5-6-15-62-51(74)32-10-17-69(18-11-32)53-63-29-41(55)49(65-53)64-36-22-34-24-45(78-31-59)52(75)67(3)47(34)44(25-36)77-4/h22-29,32,37,48H,5-21,30-31,58-59H2,1-4H3,(H,61,76)(H,62,74)(H,63,64,65)/b35-27+,60-28?. The van der Waals surface area contributed by atoms with Crippen LogP contribution in [0.4, 0.5) is 42.5 Å². The lowest BCUT2D eigenvalue weighted by atomic mass is 9.92. The maximum absolute atomic E-state index is 14.8. The number of aromatic nitrogens is 5. The van der Waals surface area contributed by atoms with Gasteiger partial charge in [0, 0.05) is 143 Å². The molecule has 24 heteroatoms. The van der Waals surface area contributed by atoms with Crippen molar-refractivity contribution < 1.29 is 32.6 Å². The van der Waals surface area contributed by atoms with E-state index in [1.165, 1.54) is 30.3 Å². The largest absolute Gasteiger partial charge is 0.494 e. The number of methoxy groups -OCH3 is 1. The molecule has 78 heavy (non-hydrogen) atoms. The number of amides is 4. The van der Waals surface area contributed by atoms with Crippen LogP contribution in [0, 0.1) is 5.92 Å². The van der Waals surface area contributed by atoms with Crippen molar-refractivity contribution in [1.82, 2.24) is 44.7 Å². The maximum atomic E-state index is 14.8. The quantitative estimate of drug-likeness (QED) is 0.0389. The molecular weight excluding hydrogens is 1030 g/mol. The van der Waals surface area contributed by atoms with Gasteiger partial charge in [0.25, 0.3) is 12.0 Å². The number of aliphatic imine (C=N–C) groups is 1. The number of benzene rings is 2. The van der Waals surface area contributed by atoms with Crippen molar-refractivity contribution in [3.63, 3.8) is 0 Å². The molecule has 0 saturated carbocycles. The summed E-state index contributed by atoms with van der Waals surface area (Å²) in [7, 11) is 6.33. The van der Waals surface area contributed by atoms with Gasteiger partial charge >= 0.3 is 6.03 Å². The number of rotatable bonds is 17. The van der Waals surface area contributed by atoms with Crippen LogP contribution in [-0.4, -0.2) is 132 Å². The van der Waals surface area contributed by atoms with Crippen LogP contribution in [0.25, 0.3) is 16.5 Å². The van der Waals surface area contributed by atoms with Crippen LogP contribution in [0.2, 0.25) is 5.02 Å². The van der Waals surface area contributed by atoms with E-state index in [1.54, 1.807) is 50.3 Å². The monoisotopic (exact) mass is 1100 g/mol. The molecule has 4 aliphatic heterocycles. The minimum Gasteiger partial charge on any atom is -0.494 e. The Kier molecular flexibility index (Phi) is 17.3. The summed E-state index contributed by atoms with van der Waals surface area (Å²) in [6.07, 6.45) is 7.89. The number of nitrogens with one attached hydrogen (secondary N) is 3. The number of nitrogens with two attached hydrogens (primary N) is 2. The molecule has 7 N–H and O–H groups in total. The molecule has 21 nitrogen and oxygen atoms in total. The van der Waals surface area contributed by atoms with Gasteiger partial charge in [0.15, 0.2) is 17.4 Å². The van der Waals surface area contributed by atoms with E-state index >= 15 is 0 Å². The first kappa shape index (κ1) is 55.2. The van der Waals surface area contributed by atoms with Crippen molar-refractivity contribution in [2.45, 2.75) is 83.2 Å². The molecule has 0 atom stereocenters. The highest BCUT2D eigenvalue weighted by Crippen LogP contribution is 2.43. The molecule has 3 aromatic heterocycles. The summed E-state index contributed by atoms with van der Waals surface area (Å²) in [5.41, 5.74) is 16.4. The molecule has 0 bridgehead atoms. The van der Waals surface area contributed by atoms with Gasteiger partial charge in [-0.1, -0.05) is 11.6 Å². The second-order valence-electron chi connectivity index (χ2n) is 20.0. The van der Waals surface area contributed by atoms with E-state index in [9.17, 15) is 28.0 Å². The van der Waals surface area contributed by atoms with Crippen LogP contribution < -0.4 is 52.3 Å². The number of anilines is 5. The van der Waals surface area contributed by atoms with Gasteiger partial charge in [0.05, 0.1) is 31.4 Å². The first-order valence-electron chi connectivity index (χ1n) is 26.5. The van der Waals surface area contributed by atoms with Crippen molar-refractivity contribution in [3.05, 3.63) is 86.1 Å². The Morgan fingerprint density at radius 3 is 2.47 bits per heavy atom. The molecular formula is C54H68ClF2N15O6. The summed E-state index contributed by atoms with van der Waals surface area (Å²) >= 11 is 6.58. The van der Waals surface area contributed by atoms with Gasteiger partial charge in [-0.25, -0.2) is 18.6 Å². The number of pyridine rings is 1. The highest BCUT2D eigenvalue weighted by Gasteiger charge is 2.36. The topological polar surface area (TPSA) is 249 Å². The summed E-state index contributed by atoms with van der Waals surface area (Å²) in [6, 6.07) is 8.35. The predicted molar refractivity (Wildman–Crippen MR) is 296 cm³/mol. The second kappa shape index (κ2) is 24.4. The molecule has 5 aromatic rings. The number of fused-ring (bicyclic) bond motifs is 3. The number of hydrogen-bond acceptors (Lipinski definition) is 15. The maximum Gasteiger partial charge on any atom is 0.317 e. The first-order valence-corrected chi connectivity index (χ1v) is 26.9. The number of hydrogen-bond donors (Lipinski definition) is 5. The fraction of sp³-hybridized carbons (Fsp3) is 0.481. The number of likely N-dealkylation sites (tertiary alicyclic amines) is 1. The number of nitrogens with zero attached hydrogens (tertiary/aromatic N) is 10. The summed E-state index contributed by atoms with van der Waals surface area (Å²) in [5, 5.41) is 15.3. The Hall–Kier alpha value is -7.53. The molecule has 2 aromatic carbocycles. The van der Waals surface area contributed by atoms with E-state index in [0.29, 0.717) is 172 Å². The predicted octanol–water partition coefficient (Wildman–Crippen LogP) is 6.31. The molecule has 9 rings (SSSR count).